The fourth-order valence-corrected chi connectivity index (χ4v) is 1.90. The maximum absolute atomic E-state index is 6.18. The highest BCUT2D eigenvalue weighted by molar-refractivity contribution is 6.31. The third kappa shape index (κ3) is 3.69. The second-order valence-corrected chi connectivity index (χ2v) is 4.33. The van der Waals surface area contributed by atoms with Gasteiger partial charge in [0.1, 0.15) is 5.75 Å². The van der Waals surface area contributed by atoms with Gasteiger partial charge in [0.25, 0.3) is 0 Å². The summed E-state index contributed by atoms with van der Waals surface area (Å²) < 4.78 is 5.51. The van der Waals surface area contributed by atoms with Crippen LogP contribution in [0.5, 0.6) is 5.75 Å². The number of hydrogen-bond donors (Lipinski definition) is 1. The fourth-order valence-electron chi connectivity index (χ4n) is 1.58. The standard InChI is InChI=1S/C13H20ClNO/c1-3-5-13(15)11-7-6-10(9-12(11)14)16-8-4-2/h6-7,9,13H,3-5,8,15H2,1-2H3. The van der Waals surface area contributed by atoms with Crippen molar-refractivity contribution in [3.63, 3.8) is 0 Å². The minimum atomic E-state index is 0.0257. The molecule has 0 heterocycles. The molecule has 16 heavy (non-hydrogen) atoms. The molecule has 0 aliphatic rings. The zero-order valence-electron chi connectivity index (χ0n) is 10.0. The Morgan fingerprint density at radius 1 is 1.31 bits per heavy atom. The van der Waals surface area contributed by atoms with Crippen LogP contribution in [0.1, 0.15) is 44.7 Å². The minimum absolute atomic E-state index is 0.0257. The van der Waals surface area contributed by atoms with Crippen molar-refractivity contribution >= 4 is 11.6 Å². The van der Waals surface area contributed by atoms with E-state index in [1.54, 1.807) is 0 Å². The van der Waals surface area contributed by atoms with E-state index in [-0.39, 0.29) is 6.04 Å². The van der Waals surface area contributed by atoms with Crippen LogP contribution in [0.25, 0.3) is 0 Å². The normalized spacial score (nSPS) is 12.5. The molecule has 0 aliphatic carbocycles. The average molecular weight is 242 g/mol. The molecule has 0 bridgehead atoms. The van der Waals surface area contributed by atoms with E-state index >= 15 is 0 Å². The summed E-state index contributed by atoms with van der Waals surface area (Å²) in [5.74, 6) is 0.819. The Balaban J connectivity index is 2.74. The molecule has 2 N–H and O–H groups in total. The molecule has 0 saturated carbocycles. The number of hydrogen-bond acceptors (Lipinski definition) is 2. The summed E-state index contributed by atoms with van der Waals surface area (Å²) in [7, 11) is 0. The van der Waals surface area contributed by atoms with E-state index < -0.39 is 0 Å². The van der Waals surface area contributed by atoms with Gasteiger partial charge in [-0.15, -0.1) is 0 Å². The van der Waals surface area contributed by atoms with E-state index in [0.29, 0.717) is 5.02 Å². The van der Waals surface area contributed by atoms with Gasteiger partial charge in [0.15, 0.2) is 0 Å². The molecule has 0 saturated heterocycles. The maximum atomic E-state index is 6.18. The second kappa shape index (κ2) is 6.77. The lowest BCUT2D eigenvalue weighted by molar-refractivity contribution is 0.317. The molecule has 2 nitrogen and oxygen atoms in total. The average Bonchev–Trinajstić information content (AvgIpc) is 2.26. The monoisotopic (exact) mass is 241 g/mol. The lowest BCUT2D eigenvalue weighted by Crippen LogP contribution is -2.10. The molecule has 1 aromatic rings. The van der Waals surface area contributed by atoms with Crippen LogP contribution in [0.2, 0.25) is 5.02 Å². The zero-order valence-corrected chi connectivity index (χ0v) is 10.8. The van der Waals surface area contributed by atoms with E-state index in [0.717, 1.165) is 37.2 Å². The third-order valence-corrected chi connectivity index (χ3v) is 2.77. The highest BCUT2D eigenvalue weighted by Crippen LogP contribution is 2.28. The first kappa shape index (κ1) is 13.3. The summed E-state index contributed by atoms with van der Waals surface area (Å²) in [5, 5.41) is 0.703. The summed E-state index contributed by atoms with van der Waals surface area (Å²) >= 11 is 6.18. The Bertz CT molecular complexity index is 328. The van der Waals surface area contributed by atoms with Gasteiger partial charge in [0.2, 0.25) is 0 Å². The SMILES string of the molecule is CCCOc1ccc(C(N)CCC)c(Cl)c1. The zero-order chi connectivity index (χ0) is 12.0. The minimum Gasteiger partial charge on any atom is -0.494 e. The predicted molar refractivity (Wildman–Crippen MR) is 69.1 cm³/mol. The van der Waals surface area contributed by atoms with E-state index in [9.17, 15) is 0 Å². The van der Waals surface area contributed by atoms with Gasteiger partial charge in [0, 0.05) is 11.1 Å². The summed E-state index contributed by atoms with van der Waals surface area (Å²) in [6.07, 6.45) is 3.01. The quantitative estimate of drug-likeness (QED) is 0.819. The molecule has 0 aromatic heterocycles. The Hall–Kier alpha value is -0.730. The van der Waals surface area contributed by atoms with Crippen molar-refractivity contribution in [2.75, 3.05) is 6.61 Å². The van der Waals surface area contributed by atoms with Crippen LogP contribution in [0.3, 0.4) is 0 Å². The molecule has 3 heteroatoms. The van der Waals surface area contributed by atoms with Crippen LogP contribution in [0.15, 0.2) is 18.2 Å². The molecule has 0 aliphatic heterocycles. The van der Waals surface area contributed by atoms with Gasteiger partial charge in [-0.3, -0.25) is 0 Å². The van der Waals surface area contributed by atoms with Gasteiger partial charge in [-0.25, -0.2) is 0 Å². The van der Waals surface area contributed by atoms with Crippen molar-refractivity contribution < 1.29 is 4.74 Å². The highest BCUT2D eigenvalue weighted by Gasteiger charge is 2.09. The lowest BCUT2D eigenvalue weighted by atomic mass is 10.0. The van der Waals surface area contributed by atoms with Gasteiger partial charge < -0.3 is 10.5 Å². The highest BCUT2D eigenvalue weighted by atomic mass is 35.5. The molecular formula is C13H20ClNO. The van der Waals surface area contributed by atoms with Gasteiger partial charge >= 0.3 is 0 Å². The van der Waals surface area contributed by atoms with Crippen molar-refractivity contribution in [2.45, 2.75) is 39.2 Å². The van der Waals surface area contributed by atoms with Gasteiger partial charge in [-0.1, -0.05) is 37.9 Å². The van der Waals surface area contributed by atoms with E-state index in [2.05, 4.69) is 13.8 Å². The van der Waals surface area contributed by atoms with Crippen LogP contribution < -0.4 is 10.5 Å². The van der Waals surface area contributed by atoms with Crippen molar-refractivity contribution in [1.82, 2.24) is 0 Å². The topological polar surface area (TPSA) is 35.2 Å². The van der Waals surface area contributed by atoms with Gasteiger partial charge in [0.05, 0.1) is 6.61 Å². The number of halogens is 1. The molecule has 1 aromatic carbocycles. The smallest absolute Gasteiger partial charge is 0.120 e. The molecule has 1 atom stereocenters. The maximum Gasteiger partial charge on any atom is 0.120 e. The number of rotatable bonds is 6. The Labute approximate surface area is 103 Å². The molecule has 0 amide bonds. The fraction of sp³-hybridized carbons (Fsp3) is 0.538. The van der Waals surface area contributed by atoms with Crippen molar-refractivity contribution in [3.8, 4) is 5.75 Å². The Kier molecular flexibility index (Phi) is 5.64. The number of nitrogens with two attached hydrogens (primary N) is 1. The van der Waals surface area contributed by atoms with Gasteiger partial charge in [-0.2, -0.15) is 0 Å². The largest absolute Gasteiger partial charge is 0.494 e. The molecule has 1 rings (SSSR count). The van der Waals surface area contributed by atoms with Crippen LogP contribution >= 0.6 is 11.6 Å². The molecule has 90 valence electrons. The lowest BCUT2D eigenvalue weighted by Gasteiger charge is -2.14. The molecule has 1 unspecified atom stereocenters. The number of benzene rings is 1. The molecule has 0 fully saturated rings. The van der Waals surface area contributed by atoms with Crippen molar-refractivity contribution in [1.29, 1.82) is 0 Å². The van der Waals surface area contributed by atoms with E-state index in [1.165, 1.54) is 0 Å². The van der Waals surface area contributed by atoms with Crippen LogP contribution in [0.4, 0.5) is 0 Å². The molecule has 0 spiro atoms. The van der Waals surface area contributed by atoms with Crippen LogP contribution in [-0.4, -0.2) is 6.61 Å². The summed E-state index contributed by atoms with van der Waals surface area (Å²) in [4.78, 5) is 0. The summed E-state index contributed by atoms with van der Waals surface area (Å²) in [6.45, 7) is 4.91. The third-order valence-electron chi connectivity index (χ3n) is 2.44. The van der Waals surface area contributed by atoms with Crippen LogP contribution in [-0.2, 0) is 0 Å². The molecular weight excluding hydrogens is 222 g/mol. The van der Waals surface area contributed by atoms with E-state index in [1.807, 2.05) is 18.2 Å². The van der Waals surface area contributed by atoms with Crippen molar-refractivity contribution in [2.24, 2.45) is 5.73 Å². The first-order valence-electron chi connectivity index (χ1n) is 5.86. The second-order valence-electron chi connectivity index (χ2n) is 3.93. The summed E-state index contributed by atoms with van der Waals surface area (Å²) in [6, 6.07) is 5.78. The number of ether oxygens (including phenoxy) is 1. The van der Waals surface area contributed by atoms with E-state index in [4.69, 9.17) is 22.1 Å². The van der Waals surface area contributed by atoms with Crippen molar-refractivity contribution in [3.05, 3.63) is 28.8 Å². The first-order chi connectivity index (χ1) is 7.69. The summed E-state index contributed by atoms with van der Waals surface area (Å²) in [5.41, 5.74) is 7.04. The Morgan fingerprint density at radius 2 is 2.06 bits per heavy atom. The predicted octanol–water partition coefficient (Wildman–Crippen LogP) is 3.93. The molecule has 0 radical (unpaired) electrons. The van der Waals surface area contributed by atoms with Gasteiger partial charge in [-0.05, 0) is 30.5 Å². The van der Waals surface area contributed by atoms with Crippen LogP contribution in [0, 0.1) is 0 Å². The first-order valence-corrected chi connectivity index (χ1v) is 6.24. The Morgan fingerprint density at radius 3 is 2.62 bits per heavy atom.